The van der Waals surface area contributed by atoms with E-state index in [-0.39, 0.29) is 10.6 Å². The van der Waals surface area contributed by atoms with E-state index in [0.29, 0.717) is 18.8 Å². The molecule has 0 aromatic carbocycles. The molecule has 0 saturated carbocycles. The van der Waals surface area contributed by atoms with E-state index in [1.165, 1.54) is 4.68 Å². The molecule has 0 radical (unpaired) electrons. The molecule has 0 aliphatic rings. The van der Waals surface area contributed by atoms with Crippen LogP contribution in [0.5, 0.6) is 0 Å². The minimum Gasteiger partial charge on any atom is -0.378 e. The number of rotatable bonds is 6. The van der Waals surface area contributed by atoms with Crippen LogP contribution in [-0.2, 0) is 13.1 Å². The molecule has 2 heterocycles. The molecule has 0 atom stereocenters. The fourth-order valence-electron chi connectivity index (χ4n) is 1.63. The number of nitrogens with one attached hydrogen (secondary N) is 1. The van der Waals surface area contributed by atoms with E-state index in [9.17, 15) is 4.79 Å². The van der Waals surface area contributed by atoms with Gasteiger partial charge in [-0.25, -0.2) is 4.68 Å². The smallest absolute Gasteiger partial charge is 0.287 e. The number of thiophene rings is 1. The first-order chi connectivity index (χ1) is 9.58. The van der Waals surface area contributed by atoms with Crippen LogP contribution in [0.4, 0.5) is 5.69 Å². The second-order valence-electron chi connectivity index (χ2n) is 4.69. The van der Waals surface area contributed by atoms with Crippen molar-refractivity contribution in [3.63, 3.8) is 0 Å². The average Bonchev–Trinajstić information content (AvgIpc) is 2.92. The van der Waals surface area contributed by atoms with Crippen molar-refractivity contribution in [1.29, 1.82) is 0 Å². The van der Waals surface area contributed by atoms with Crippen LogP contribution in [-0.4, -0.2) is 35.3 Å². The molecule has 0 aliphatic heterocycles. The highest BCUT2D eigenvalue weighted by molar-refractivity contribution is 7.07. The minimum absolute atomic E-state index is 0.189. The third kappa shape index (κ3) is 3.82. The Morgan fingerprint density at radius 1 is 1.50 bits per heavy atom. The highest BCUT2D eigenvalue weighted by Gasteiger charge is 2.09. The van der Waals surface area contributed by atoms with Gasteiger partial charge in [0.25, 0.3) is 5.56 Å². The Bertz CT molecular complexity index is 609. The summed E-state index contributed by atoms with van der Waals surface area (Å²) in [6.07, 6.45) is 1.60. The van der Waals surface area contributed by atoms with Crippen LogP contribution < -0.4 is 10.9 Å². The van der Waals surface area contributed by atoms with E-state index in [2.05, 4.69) is 10.4 Å². The maximum atomic E-state index is 12.1. The first-order valence-electron chi connectivity index (χ1n) is 6.23. The van der Waals surface area contributed by atoms with Gasteiger partial charge in [0.2, 0.25) is 0 Å². The number of nitrogens with zero attached hydrogens (tertiary/aromatic N) is 3. The summed E-state index contributed by atoms with van der Waals surface area (Å²) in [6, 6.07) is 2.03. The second-order valence-corrected chi connectivity index (χ2v) is 5.85. The monoisotopic (exact) mass is 312 g/mol. The zero-order valence-corrected chi connectivity index (χ0v) is 13.0. The SMILES string of the molecule is CN(C)CCn1ncc(NCc2ccsc2)c(Cl)c1=O. The summed E-state index contributed by atoms with van der Waals surface area (Å²) in [4.78, 5) is 14.1. The fourth-order valence-corrected chi connectivity index (χ4v) is 2.51. The summed E-state index contributed by atoms with van der Waals surface area (Å²) in [5.41, 5.74) is 1.47. The summed E-state index contributed by atoms with van der Waals surface area (Å²) in [5, 5.41) is 11.5. The molecule has 2 rings (SSSR count). The predicted octanol–water partition coefficient (Wildman–Crippen LogP) is 2.13. The van der Waals surface area contributed by atoms with Crippen molar-refractivity contribution in [3.8, 4) is 0 Å². The Labute approximate surface area is 126 Å². The van der Waals surface area contributed by atoms with Gasteiger partial charge in [0, 0.05) is 13.1 Å². The Balaban J connectivity index is 2.08. The minimum atomic E-state index is -0.260. The first kappa shape index (κ1) is 15.0. The van der Waals surface area contributed by atoms with Gasteiger partial charge in [-0.05, 0) is 36.5 Å². The standard InChI is InChI=1S/C13H17ClN4OS/c1-17(2)4-5-18-13(19)12(14)11(8-16-18)15-7-10-3-6-20-9-10/h3,6,8-9,15H,4-5,7H2,1-2H3. The number of anilines is 1. The molecule has 1 N–H and O–H groups in total. The normalized spacial score (nSPS) is 11.0. The number of hydrogen-bond donors (Lipinski definition) is 1. The van der Waals surface area contributed by atoms with E-state index < -0.39 is 0 Å². The van der Waals surface area contributed by atoms with Crippen LogP contribution in [0.1, 0.15) is 5.56 Å². The number of aromatic nitrogens is 2. The largest absolute Gasteiger partial charge is 0.378 e. The summed E-state index contributed by atoms with van der Waals surface area (Å²) in [5.74, 6) is 0. The third-order valence-corrected chi connectivity index (χ3v) is 3.90. The van der Waals surface area contributed by atoms with E-state index in [1.807, 2.05) is 35.8 Å². The molecule has 2 aromatic rings. The molecule has 108 valence electrons. The number of likely N-dealkylation sites (N-methyl/N-ethyl adjacent to an activating group) is 1. The molecule has 0 aliphatic carbocycles. The van der Waals surface area contributed by atoms with Gasteiger partial charge in [-0.2, -0.15) is 16.4 Å². The summed E-state index contributed by atoms with van der Waals surface area (Å²) < 4.78 is 1.39. The highest BCUT2D eigenvalue weighted by atomic mass is 35.5. The predicted molar refractivity (Wildman–Crippen MR) is 83.7 cm³/mol. The second kappa shape index (κ2) is 6.88. The summed E-state index contributed by atoms with van der Waals surface area (Å²) >= 11 is 7.74. The fraction of sp³-hybridized carbons (Fsp3) is 0.385. The maximum Gasteiger partial charge on any atom is 0.287 e. The van der Waals surface area contributed by atoms with Gasteiger partial charge in [-0.1, -0.05) is 11.6 Å². The van der Waals surface area contributed by atoms with Crippen molar-refractivity contribution < 1.29 is 0 Å². The Hall–Kier alpha value is -1.37. The van der Waals surface area contributed by atoms with Crippen LogP contribution >= 0.6 is 22.9 Å². The van der Waals surface area contributed by atoms with E-state index in [4.69, 9.17) is 11.6 Å². The zero-order chi connectivity index (χ0) is 14.5. The lowest BCUT2D eigenvalue weighted by atomic mass is 10.3. The van der Waals surface area contributed by atoms with Crippen molar-refractivity contribution in [2.45, 2.75) is 13.1 Å². The molecule has 0 amide bonds. The molecular weight excluding hydrogens is 296 g/mol. The van der Waals surface area contributed by atoms with Gasteiger partial charge < -0.3 is 10.2 Å². The molecule has 0 unspecified atom stereocenters. The van der Waals surface area contributed by atoms with Gasteiger partial charge in [-0.3, -0.25) is 4.79 Å². The summed E-state index contributed by atoms with van der Waals surface area (Å²) in [6.45, 7) is 1.90. The van der Waals surface area contributed by atoms with Crippen LogP contribution in [0.3, 0.4) is 0 Å². The Morgan fingerprint density at radius 3 is 2.95 bits per heavy atom. The van der Waals surface area contributed by atoms with Gasteiger partial charge >= 0.3 is 0 Å². The van der Waals surface area contributed by atoms with Gasteiger partial charge in [0.15, 0.2) is 0 Å². The van der Waals surface area contributed by atoms with Crippen LogP contribution in [0.25, 0.3) is 0 Å². The van der Waals surface area contributed by atoms with Crippen molar-refractivity contribution in [3.05, 3.63) is 44.0 Å². The van der Waals surface area contributed by atoms with Crippen molar-refractivity contribution in [1.82, 2.24) is 14.7 Å². The van der Waals surface area contributed by atoms with Crippen molar-refractivity contribution >= 4 is 28.6 Å². The molecule has 0 fully saturated rings. The highest BCUT2D eigenvalue weighted by Crippen LogP contribution is 2.17. The van der Waals surface area contributed by atoms with Crippen molar-refractivity contribution in [2.75, 3.05) is 26.0 Å². The van der Waals surface area contributed by atoms with Gasteiger partial charge in [0.1, 0.15) is 5.02 Å². The first-order valence-corrected chi connectivity index (χ1v) is 7.55. The van der Waals surface area contributed by atoms with E-state index in [0.717, 1.165) is 12.1 Å². The molecule has 7 heteroatoms. The third-order valence-electron chi connectivity index (χ3n) is 2.81. The lowest BCUT2D eigenvalue weighted by Gasteiger charge is -2.12. The molecule has 20 heavy (non-hydrogen) atoms. The van der Waals surface area contributed by atoms with Crippen LogP contribution in [0.15, 0.2) is 27.8 Å². The van der Waals surface area contributed by atoms with Crippen LogP contribution in [0, 0.1) is 0 Å². The van der Waals surface area contributed by atoms with Crippen LogP contribution in [0.2, 0.25) is 5.02 Å². The average molecular weight is 313 g/mol. The van der Waals surface area contributed by atoms with Gasteiger partial charge in [-0.15, -0.1) is 0 Å². The quantitative estimate of drug-likeness (QED) is 0.888. The molecule has 0 spiro atoms. The van der Waals surface area contributed by atoms with Gasteiger partial charge in [0.05, 0.1) is 18.4 Å². The molecule has 0 saturated heterocycles. The number of halogens is 1. The lowest BCUT2D eigenvalue weighted by molar-refractivity contribution is 0.367. The molecule has 5 nitrogen and oxygen atoms in total. The Kier molecular flexibility index (Phi) is 5.17. The topological polar surface area (TPSA) is 50.2 Å². The summed E-state index contributed by atoms with van der Waals surface area (Å²) in [7, 11) is 3.90. The van der Waals surface area contributed by atoms with E-state index in [1.54, 1.807) is 17.5 Å². The molecule has 2 aromatic heterocycles. The Morgan fingerprint density at radius 2 is 2.30 bits per heavy atom. The zero-order valence-electron chi connectivity index (χ0n) is 11.5. The number of hydrogen-bond acceptors (Lipinski definition) is 5. The lowest BCUT2D eigenvalue weighted by Crippen LogP contribution is -2.29. The maximum absolute atomic E-state index is 12.1. The van der Waals surface area contributed by atoms with E-state index >= 15 is 0 Å². The molecular formula is C13H17ClN4OS. The molecule has 0 bridgehead atoms. The van der Waals surface area contributed by atoms with Crippen molar-refractivity contribution in [2.24, 2.45) is 0 Å².